The third-order valence-corrected chi connectivity index (χ3v) is 4.24. The molecule has 7 nitrogen and oxygen atoms in total. The molecule has 0 radical (unpaired) electrons. The summed E-state index contributed by atoms with van der Waals surface area (Å²) in [4.78, 5) is 28.6. The number of aromatic nitrogens is 4. The van der Waals surface area contributed by atoms with Crippen LogP contribution in [-0.4, -0.2) is 31.3 Å². The van der Waals surface area contributed by atoms with E-state index in [1.54, 1.807) is 11.6 Å². The maximum Gasteiger partial charge on any atom is 0.332 e. The van der Waals surface area contributed by atoms with Gasteiger partial charge in [0.25, 0.3) is 5.56 Å². The SMILES string of the molecule is Cl.[2H]C([2H])([2H])C(Cc1ccccc1)NCCn1cnc2c1c(=O)n(C)c(=O)n2C. The molecule has 26 heavy (non-hydrogen) atoms. The average molecular weight is 381 g/mol. The van der Waals surface area contributed by atoms with E-state index in [0.29, 0.717) is 30.7 Å². The van der Waals surface area contributed by atoms with Gasteiger partial charge in [-0.05, 0) is 18.8 Å². The van der Waals surface area contributed by atoms with E-state index in [0.717, 1.165) is 10.1 Å². The average Bonchev–Trinajstić information content (AvgIpc) is 3.08. The van der Waals surface area contributed by atoms with Crippen molar-refractivity contribution in [1.82, 2.24) is 24.0 Å². The third-order valence-electron chi connectivity index (χ3n) is 4.24. The summed E-state index contributed by atoms with van der Waals surface area (Å²) < 4.78 is 27.4. The highest BCUT2D eigenvalue weighted by Crippen LogP contribution is 2.05. The first-order chi connectivity index (χ1) is 13.2. The summed E-state index contributed by atoms with van der Waals surface area (Å²) in [7, 11) is 2.98. The van der Waals surface area contributed by atoms with E-state index in [1.165, 1.54) is 17.9 Å². The molecule has 0 spiro atoms. The monoisotopic (exact) mass is 380 g/mol. The van der Waals surface area contributed by atoms with Crippen molar-refractivity contribution in [2.45, 2.75) is 25.9 Å². The van der Waals surface area contributed by atoms with Gasteiger partial charge in [-0.25, -0.2) is 9.78 Å². The van der Waals surface area contributed by atoms with Gasteiger partial charge in [-0.3, -0.25) is 13.9 Å². The summed E-state index contributed by atoms with van der Waals surface area (Å²) in [6, 6.07) is 8.73. The third kappa shape index (κ3) is 3.89. The summed E-state index contributed by atoms with van der Waals surface area (Å²) in [6.07, 6.45) is 1.87. The maximum atomic E-state index is 12.5. The molecule has 8 heteroatoms. The van der Waals surface area contributed by atoms with Crippen LogP contribution in [-0.2, 0) is 27.1 Å². The van der Waals surface area contributed by atoms with Gasteiger partial charge in [-0.2, -0.15) is 0 Å². The van der Waals surface area contributed by atoms with Crippen LogP contribution in [0.4, 0.5) is 0 Å². The van der Waals surface area contributed by atoms with Crippen LogP contribution in [0.25, 0.3) is 11.2 Å². The van der Waals surface area contributed by atoms with Crippen LogP contribution in [0.15, 0.2) is 46.2 Å². The summed E-state index contributed by atoms with van der Waals surface area (Å²) in [6.45, 7) is -1.47. The molecule has 0 bridgehead atoms. The molecule has 1 atom stereocenters. The lowest BCUT2D eigenvalue weighted by Crippen LogP contribution is -2.38. The van der Waals surface area contributed by atoms with Gasteiger partial charge in [0.1, 0.15) is 0 Å². The molecule has 140 valence electrons. The molecule has 0 aliphatic heterocycles. The van der Waals surface area contributed by atoms with Gasteiger partial charge >= 0.3 is 5.69 Å². The van der Waals surface area contributed by atoms with Gasteiger partial charge in [0, 0.05) is 37.3 Å². The molecular formula is C18H24ClN5O2. The highest BCUT2D eigenvalue weighted by atomic mass is 35.5. The first kappa shape index (κ1) is 15.8. The lowest BCUT2D eigenvalue weighted by Gasteiger charge is -2.14. The molecule has 0 saturated carbocycles. The molecule has 0 fully saturated rings. The minimum Gasteiger partial charge on any atom is -0.323 e. The van der Waals surface area contributed by atoms with Crippen molar-refractivity contribution in [3.8, 4) is 0 Å². The molecule has 0 aliphatic carbocycles. The predicted molar refractivity (Wildman–Crippen MR) is 105 cm³/mol. The van der Waals surface area contributed by atoms with Crippen LogP contribution in [0.2, 0.25) is 0 Å². The summed E-state index contributed by atoms with van der Waals surface area (Å²) >= 11 is 0. The zero-order chi connectivity index (χ0) is 20.5. The standard InChI is InChI=1S/C18H23N5O2.ClH/c1-13(11-14-7-5-4-6-8-14)19-9-10-23-12-20-16-15(23)17(24)22(3)18(25)21(16)2;/h4-8,12-13,19H,9-11H2,1-3H3;1H/i1D3;. The highest BCUT2D eigenvalue weighted by molar-refractivity contribution is 5.85. The van der Waals surface area contributed by atoms with E-state index in [-0.39, 0.29) is 12.4 Å². The Balaban J connectivity index is 0.00000300. The van der Waals surface area contributed by atoms with Gasteiger partial charge in [0.15, 0.2) is 11.2 Å². The van der Waals surface area contributed by atoms with E-state index in [2.05, 4.69) is 10.3 Å². The Morgan fingerprint density at radius 3 is 2.62 bits per heavy atom. The molecule has 0 aliphatic rings. The topological polar surface area (TPSA) is 73.8 Å². The van der Waals surface area contributed by atoms with Crippen LogP contribution >= 0.6 is 12.4 Å². The van der Waals surface area contributed by atoms with Crippen LogP contribution in [0.3, 0.4) is 0 Å². The first-order valence-corrected chi connectivity index (χ1v) is 8.08. The zero-order valence-corrected chi connectivity index (χ0v) is 15.5. The van der Waals surface area contributed by atoms with E-state index in [1.807, 2.05) is 30.3 Å². The van der Waals surface area contributed by atoms with E-state index >= 15 is 0 Å². The minimum atomic E-state index is -2.16. The Morgan fingerprint density at radius 2 is 1.92 bits per heavy atom. The molecule has 2 aromatic heterocycles. The van der Waals surface area contributed by atoms with Crippen molar-refractivity contribution in [3.63, 3.8) is 0 Å². The smallest absolute Gasteiger partial charge is 0.323 e. The Morgan fingerprint density at radius 1 is 1.19 bits per heavy atom. The number of nitrogens with one attached hydrogen (secondary N) is 1. The van der Waals surface area contributed by atoms with Crippen molar-refractivity contribution >= 4 is 23.6 Å². The van der Waals surface area contributed by atoms with Gasteiger partial charge < -0.3 is 9.88 Å². The molecule has 1 unspecified atom stereocenters. The van der Waals surface area contributed by atoms with Gasteiger partial charge in [-0.1, -0.05) is 30.3 Å². The van der Waals surface area contributed by atoms with Crippen molar-refractivity contribution < 1.29 is 4.11 Å². The van der Waals surface area contributed by atoms with Crippen molar-refractivity contribution in [2.24, 2.45) is 14.1 Å². The molecule has 3 aromatic rings. The van der Waals surface area contributed by atoms with E-state index < -0.39 is 24.1 Å². The summed E-state index contributed by atoms with van der Waals surface area (Å²) in [5, 5.41) is 3.08. The number of nitrogens with zero attached hydrogens (tertiary/aromatic N) is 4. The number of aryl methyl sites for hydroxylation is 1. The second-order valence-corrected chi connectivity index (χ2v) is 6.01. The van der Waals surface area contributed by atoms with Crippen molar-refractivity contribution in [2.75, 3.05) is 6.54 Å². The van der Waals surface area contributed by atoms with Crippen LogP contribution in [0, 0.1) is 0 Å². The molecule has 3 rings (SSSR count). The lowest BCUT2D eigenvalue weighted by atomic mass is 10.1. The number of fused-ring (bicyclic) bond motifs is 1. The number of hydrogen-bond donors (Lipinski definition) is 1. The number of imidazole rings is 1. The highest BCUT2D eigenvalue weighted by Gasteiger charge is 2.14. The van der Waals surface area contributed by atoms with Gasteiger partial charge in [0.05, 0.1) is 6.33 Å². The van der Waals surface area contributed by atoms with Crippen molar-refractivity contribution in [1.29, 1.82) is 0 Å². The normalized spacial score (nSPS) is 14.3. The maximum absolute atomic E-state index is 12.5. The largest absolute Gasteiger partial charge is 0.332 e. The molecule has 0 saturated heterocycles. The van der Waals surface area contributed by atoms with Crippen LogP contribution in [0.1, 0.15) is 16.5 Å². The second kappa shape index (κ2) is 8.33. The Bertz CT molecular complexity index is 1090. The molecule has 1 N–H and O–H groups in total. The number of benzene rings is 1. The first-order valence-electron chi connectivity index (χ1n) is 9.58. The molecular weight excluding hydrogens is 354 g/mol. The van der Waals surface area contributed by atoms with Gasteiger partial charge in [0.2, 0.25) is 0 Å². The quantitative estimate of drug-likeness (QED) is 0.694. The summed E-state index contributed by atoms with van der Waals surface area (Å²) in [5.74, 6) is 0. The second-order valence-electron chi connectivity index (χ2n) is 6.01. The number of rotatable bonds is 6. The summed E-state index contributed by atoms with van der Waals surface area (Å²) in [5.41, 5.74) is 0.705. The van der Waals surface area contributed by atoms with Crippen molar-refractivity contribution in [3.05, 3.63) is 63.1 Å². The van der Waals surface area contributed by atoms with Gasteiger partial charge in [-0.15, -0.1) is 12.4 Å². The van der Waals surface area contributed by atoms with E-state index in [4.69, 9.17) is 4.11 Å². The molecule has 1 aromatic carbocycles. The number of halogens is 1. The van der Waals surface area contributed by atoms with E-state index in [9.17, 15) is 9.59 Å². The molecule has 2 heterocycles. The number of hydrogen-bond acceptors (Lipinski definition) is 4. The fourth-order valence-corrected chi connectivity index (χ4v) is 2.85. The fraction of sp³-hybridized carbons (Fsp3) is 0.389. The van der Waals surface area contributed by atoms with Crippen LogP contribution in [0.5, 0.6) is 0 Å². The minimum absolute atomic E-state index is 0. The Labute approximate surface area is 161 Å². The molecule has 0 amide bonds. The Kier molecular flexibility index (Phi) is 5.08. The lowest BCUT2D eigenvalue weighted by molar-refractivity contribution is 0.515. The van der Waals surface area contributed by atoms with Crippen LogP contribution < -0.4 is 16.6 Å². The fourth-order valence-electron chi connectivity index (χ4n) is 2.85. The Hall–Kier alpha value is -2.38. The zero-order valence-electron chi connectivity index (χ0n) is 17.7. The predicted octanol–water partition coefficient (Wildman–Crippen LogP) is 1.08.